The molecule has 0 saturated heterocycles. The van der Waals surface area contributed by atoms with Crippen molar-refractivity contribution in [3.05, 3.63) is 0 Å². The van der Waals surface area contributed by atoms with E-state index in [1.54, 1.807) is 0 Å². The molecule has 1 aliphatic carbocycles. The summed E-state index contributed by atoms with van der Waals surface area (Å²) in [7, 11) is 0. The lowest BCUT2D eigenvalue weighted by Crippen LogP contribution is -2.26. The Kier molecular flexibility index (Phi) is 5.09. The van der Waals surface area contributed by atoms with Crippen molar-refractivity contribution in [2.45, 2.75) is 52.1 Å². The van der Waals surface area contributed by atoms with E-state index in [0.29, 0.717) is 12.5 Å². The summed E-state index contributed by atoms with van der Waals surface area (Å²) < 4.78 is 5.67. The number of rotatable bonds is 6. The Morgan fingerprint density at radius 3 is 2.87 bits per heavy atom. The van der Waals surface area contributed by atoms with Crippen LogP contribution in [0.2, 0.25) is 0 Å². The molecule has 0 heterocycles. The summed E-state index contributed by atoms with van der Waals surface area (Å²) in [4.78, 5) is 10.9. The van der Waals surface area contributed by atoms with Crippen LogP contribution in [0.25, 0.3) is 0 Å². The van der Waals surface area contributed by atoms with Gasteiger partial charge in [0.2, 0.25) is 0 Å². The second-order valence-electron chi connectivity index (χ2n) is 4.59. The Labute approximate surface area is 91.8 Å². The Hall–Kier alpha value is -0.570. The molecule has 1 saturated carbocycles. The maximum Gasteiger partial charge on any atom is 0.309 e. The third-order valence-electron chi connectivity index (χ3n) is 3.41. The maximum atomic E-state index is 10.9. The van der Waals surface area contributed by atoms with Crippen LogP contribution < -0.4 is 0 Å². The molecule has 0 aromatic rings. The third-order valence-corrected chi connectivity index (χ3v) is 3.41. The van der Waals surface area contributed by atoms with E-state index in [2.05, 4.69) is 13.8 Å². The van der Waals surface area contributed by atoms with Crippen molar-refractivity contribution < 1.29 is 14.6 Å². The van der Waals surface area contributed by atoms with Crippen molar-refractivity contribution in [2.24, 2.45) is 11.8 Å². The van der Waals surface area contributed by atoms with Gasteiger partial charge in [0, 0.05) is 6.61 Å². The molecule has 0 spiro atoms. The van der Waals surface area contributed by atoms with E-state index in [1.807, 2.05) is 0 Å². The number of hydrogen-bond donors (Lipinski definition) is 1. The Balaban J connectivity index is 2.23. The largest absolute Gasteiger partial charge is 0.481 e. The molecule has 1 N–H and O–H groups in total. The second-order valence-corrected chi connectivity index (χ2v) is 4.59. The first kappa shape index (κ1) is 12.5. The molecule has 1 aliphatic rings. The number of carbonyl (C=O) groups is 1. The van der Waals surface area contributed by atoms with Crippen molar-refractivity contribution in [3.8, 4) is 0 Å². The third kappa shape index (κ3) is 3.82. The van der Waals surface area contributed by atoms with E-state index < -0.39 is 5.97 Å². The molecule has 1 rings (SSSR count). The molecule has 3 heteroatoms. The van der Waals surface area contributed by atoms with Crippen LogP contribution in [0.3, 0.4) is 0 Å². The van der Waals surface area contributed by atoms with Gasteiger partial charge in [-0.3, -0.25) is 4.79 Å². The normalized spacial score (nSPS) is 27.9. The monoisotopic (exact) mass is 214 g/mol. The molecular formula is C12H22O3. The first-order valence-corrected chi connectivity index (χ1v) is 5.99. The summed E-state index contributed by atoms with van der Waals surface area (Å²) in [5, 5.41) is 8.96. The standard InChI is InChI=1S/C12H22O3/c1-3-9(2)7-8-15-11-6-4-5-10(11)12(13)14/h9-11H,3-8H2,1-2H3,(H,13,14). The number of hydrogen-bond acceptors (Lipinski definition) is 2. The minimum absolute atomic E-state index is 0.0356. The van der Waals surface area contributed by atoms with Crippen LogP contribution in [0.4, 0.5) is 0 Å². The summed E-state index contributed by atoms with van der Waals surface area (Å²) in [5.74, 6) is -0.280. The highest BCUT2D eigenvalue weighted by atomic mass is 16.5. The Bertz CT molecular complexity index is 203. The quantitative estimate of drug-likeness (QED) is 0.739. The van der Waals surface area contributed by atoms with Gasteiger partial charge in [0.05, 0.1) is 12.0 Å². The summed E-state index contributed by atoms with van der Waals surface area (Å²) >= 11 is 0. The first-order valence-electron chi connectivity index (χ1n) is 5.99. The average Bonchev–Trinajstić information content (AvgIpc) is 2.65. The van der Waals surface area contributed by atoms with Crippen LogP contribution in [-0.2, 0) is 9.53 Å². The van der Waals surface area contributed by atoms with E-state index in [4.69, 9.17) is 9.84 Å². The van der Waals surface area contributed by atoms with E-state index >= 15 is 0 Å². The Morgan fingerprint density at radius 2 is 2.27 bits per heavy atom. The van der Waals surface area contributed by atoms with Gasteiger partial charge in [-0.25, -0.2) is 0 Å². The lowest BCUT2D eigenvalue weighted by Gasteiger charge is -2.17. The zero-order valence-corrected chi connectivity index (χ0v) is 9.74. The molecule has 0 aliphatic heterocycles. The number of aliphatic carboxylic acids is 1. The summed E-state index contributed by atoms with van der Waals surface area (Å²) in [6, 6.07) is 0. The molecule has 88 valence electrons. The highest BCUT2D eigenvalue weighted by Crippen LogP contribution is 2.28. The predicted octanol–water partition coefficient (Wildman–Crippen LogP) is 2.69. The molecule has 0 aromatic heterocycles. The molecule has 0 amide bonds. The maximum absolute atomic E-state index is 10.9. The summed E-state index contributed by atoms with van der Waals surface area (Å²) in [6.45, 7) is 5.08. The molecule has 0 radical (unpaired) electrons. The fourth-order valence-corrected chi connectivity index (χ4v) is 2.03. The molecule has 15 heavy (non-hydrogen) atoms. The van der Waals surface area contributed by atoms with Crippen LogP contribution in [-0.4, -0.2) is 23.8 Å². The molecule has 0 bridgehead atoms. The SMILES string of the molecule is CCC(C)CCOC1CCCC1C(=O)O. The van der Waals surface area contributed by atoms with Gasteiger partial charge in [-0.2, -0.15) is 0 Å². The van der Waals surface area contributed by atoms with Crippen molar-refractivity contribution in [1.82, 2.24) is 0 Å². The van der Waals surface area contributed by atoms with Crippen molar-refractivity contribution in [1.29, 1.82) is 0 Å². The first-order chi connectivity index (χ1) is 7.15. The van der Waals surface area contributed by atoms with Crippen molar-refractivity contribution >= 4 is 5.97 Å². The van der Waals surface area contributed by atoms with Gasteiger partial charge < -0.3 is 9.84 Å². The lowest BCUT2D eigenvalue weighted by molar-refractivity contribution is -0.146. The van der Waals surface area contributed by atoms with Gasteiger partial charge in [-0.1, -0.05) is 20.3 Å². The zero-order valence-electron chi connectivity index (χ0n) is 9.74. The minimum Gasteiger partial charge on any atom is -0.481 e. The van der Waals surface area contributed by atoms with Crippen molar-refractivity contribution in [2.75, 3.05) is 6.61 Å². The van der Waals surface area contributed by atoms with Crippen molar-refractivity contribution in [3.63, 3.8) is 0 Å². The molecular weight excluding hydrogens is 192 g/mol. The zero-order chi connectivity index (χ0) is 11.3. The smallest absolute Gasteiger partial charge is 0.309 e. The van der Waals surface area contributed by atoms with Gasteiger partial charge in [-0.05, 0) is 31.6 Å². The number of carboxylic acids is 1. The number of carboxylic acid groups (broad SMARTS) is 1. The van der Waals surface area contributed by atoms with Gasteiger partial charge >= 0.3 is 5.97 Å². The topological polar surface area (TPSA) is 46.5 Å². The highest BCUT2D eigenvalue weighted by molar-refractivity contribution is 5.71. The van der Waals surface area contributed by atoms with Gasteiger partial charge in [-0.15, -0.1) is 0 Å². The lowest BCUT2D eigenvalue weighted by atomic mass is 10.1. The summed E-state index contributed by atoms with van der Waals surface area (Å²) in [5.41, 5.74) is 0. The highest BCUT2D eigenvalue weighted by Gasteiger charge is 2.33. The number of ether oxygens (including phenoxy) is 1. The molecule has 3 unspecified atom stereocenters. The average molecular weight is 214 g/mol. The predicted molar refractivity (Wildman–Crippen MR) is 58.8 cm³/mol. The molecule has 1 fully saturated rings. The van der Waals surface area contributed by atoms with E-state index in [-0.39, 0.29) is 12.0 Å². The van der Waals surface area contributed by atoms with Gasteiger partial charge in [0.15, 0.2) is 0 Å². The van der Waals surface area contributed by atoms with Gasteiger partial charge in [0.1, 0.15) is 0 Å². The van der Waals surface area contributed by atoms with E-state index in [0.717, 1.165) is 32.1 Å². The van der Waals surface area contributed by atoms with E-state index in [1.165, 1.54) is 0 Å². The summed E-state index contributed by atoms with van der Waals surface area (Å²) in [6.07, 6.45) is 4.85. The second kappa shape index (κ2) is 6.11. The van der Waals surface area contributed by atoms with Gasteiger partial charge in [0.25, 0.3) is 0 Å². The van der Waals surface area contributed by atoms with Crippen LogP contribution in [0.1, 0.15) is 46.0 Å². The van der Waals surface area contributed by atoms with Crippen LogP contribution >= 0.6 is 0 Å². The van der Waals surface area contributed by atoms with Crippen LogP contribution in [0.15, 0.2) is 0 Å². The van der Waals surface area contributed by atoms with Crippen LogP contribution in [0.5, 0.6) is 0 Å². The molecule has 0 aromatic carbocycles. The van der Waals surface area contributed by atoms with E-state index in [9.17, 15) is 4.79 Å². The fraction of sp³-hybridized carbons (Fsp3) is 0.917. The minimum atomic E-state index is -0.693. The molecule has 3 nitrogen and oxygen atoms in total. The Morgan fingerprint density at radius 1 is 1.53 bits per heavy atom. The molecule has 3 atom stereocenters. The van der Waals surface area contributed by atoms with Crippen LogP contribution in [0, 0.1) is 11.8 Å². The fourth-order valence-electron chi connectivity index (χ4n) is 2.03.